The first-order valence-corrected chi connectivity index (χ1v) is 9.94. The predicted octanol–water partition coefficient (Wildman–Crippen LogP) is 4.84. The lowest BCUT2D eigenvalue weighted by Crippen LogP contribution is -2.35. The molecule has 2 unspecified atom stereocenters. The van der Waals surface area contributed by atoms with E-state index in [4.69, 9.17) is 0 Å². The van der Waals surface area contributed by atoms with Gasteiger partial charge in [-0.05, 0) is 67.3 Å². The number of nitrogens with one attached hydrogen (secondary N) is 1. The number of carbonyl (C=O) groups excluding carboxylic acids is 1. The number of rotatable bonds is 4. The maximum atomic E-state index is 12.9. The highest BCUT2D eigenvalue weighted by atomic mass is 16.1. The molecular weight excluding hydrogens is 360 g/mol. The van der Waals surface area contributed by atoms with Gasteiger partial charge in [0.15, 0.2) is 0 Å². The van der Waals surface area contributed by atoms with Gasteiger partial charge in [-0.15, -0.1) is 0 Å². The molecule has 5 heteroatoms. The maximum absolute atomic E-state index is 12.9. The number of aromatic nitrogens is 3. The van der Waals surface area contributed by atoms with E-state index in [9.17, 15) is 4.79 Å². The van der Waals surface area contributed by atoms with Gasteiger partial charge in [0, 0.05) is 53.6 Å². The van der Waals surface area contributed by atoms with Gasteiger partial charge in [0.2, 0.25) is 5.91 Å². The van der Waals surface area contributed by atoms with Crippen LogP contribution in [0.3, 0.4) is 0 Å². The van der Waals surface area contributed by atoms with Gasteiger partial charge in [0.25, 0.3) is 0 Å². The fourth-order valence-electron chi connectivity index (χ4n) is 4.07. The van der Waals surface area contributed by atoms with Crippen molar-refractivity contribution in [1.29, 1.82) is 0 Å². The van der Waals surface area contributed by atoms with Crippen LogP contribution < -0.4 is 5.32 Å². The van der Waals surface area contributed by atoms with Crippen LogP contribution in [0.5, 0.6) is 0 Å². The molecule has 3 heterocycles. The molecule has 5 rings (SSSR count). The normalized spacial score (nSPS) is 18.4. The predicted molar refractivity (Wildman–Crippen MR) is 114 cm³/mol. The van der Waals surface area contributed by atoms with Crippen molar-refractivity contribution < 1.29 is 4.79 Å². The van der Waals surface area contributed by atoms with Crippen molar-refractivity contribution >= 4 is 17.2 Å². The lowest BCUT2D eigenvalue weighted by Gasteiger charge is -2.35. The molecule has 1 aliphatic carbocycles. The van der Waals surface area contributed by atoms with Crippen LogP contribution in [0.4, 0.5) is 5.69 Å². The van der Waals surface area contributed by atoms with Crippen molar-refractivity contribution in [3.05, 3.63) is 84.6 Å². The Bertz CT molecular complexity index is 1180. The van der Waals surface area contributed by atoms with E-state index in [1.165, 1.54) is 0 Å². The Balaban J connectivity index is 1.38. The van der Waals surface area contributed by atoms with E-state index in [0.29, 0.717) is 0 Å². The van der Waals surface area contributed by atoms with Crippen LogP contribution in [-0.2, 0) is 4.79 Å². The summed E-state index contributed by atoms with van der Waals surface area (Å²) >= 11 is 0. The van der Waals surface area contributed by atoms with E-state index >= 15 is 0 Å². The van der Waals surface area contributed by atoms with Crippen molar-refractivity contribution in [2.24, 2.45) is 5.92 Å². The third kappa shape index (κ3) is 3.29. The van der Waals surface area contributed by atoms with Crippen molar-refractivity contribution in [3.63, 3.8) is 0 Å². The molecule has 1 aromatic carbocycles. The van der Waals surface area contributed by atoms with Gasteiger partial charge in [0.1, 0.15) is 5.65 Å². The molecule has 0 aliphatic heterocycles. The highest BCUT2D eigenvalue weighted by molar-refractivity contribution is 5.94. The Kier molecular flexibility index (Phi) is 4.35. The second kappa shape index (κ2) is 7.17. The first-order valence-electron chi connectivity index (χ1n) is 9.94. The highest BCUT2D eigenvalue weighted by Crippen LogP contribution is 2.42. The van der Waals surface area contributed by atoms with E-state index in [1.54, 1.807) is 6.20 Å². The van der Waals surface area contributed by atoms with Crippen LogP contribution >= 0.6 is 0 Å². The minimum atomic E-state index is -0.0208. The summed E-state index contributed by atoms with van der Waals surface area (Å²) in [5.74, 6) is 0.259. The Labute approximate surface area is 169 Å². The van der Waals surface area contributed by atoms with Gasteiger partial charge in [-0.25, -0.2) is 4.98 Å². The van der Waals surface area contributed by atoms with E-state index in [1.807, 2.05) is 65.3 Å². The SMILES string of the molecule is Cc1ccc(NC(=O)C2CCC2c2ccccn2)cc1-c1cnc2cccn2c1. The average molecular weight is 382 g/mol. The summed E-state index contributed by atoms with van der Waals surface area (Å²) in [6.45, 7) is 2.07. The first kappa shape index (κ1) is 17.6. The zero-order chi connectivity index (χ0) is 19.8. The van der Waals surface area contributed by atoms with Gasteiger partial charge in [-0.2, -0.15) is 0 Å². The molecular formula is C24H22N4O. The summed E-state index contributed by atoms with van der Waals surface area (Å²) < 4.78 is 2.01. The Morgan fingerprint density at radius 1 is 1.10 bits per heavy atom. The molecule has 1 amide bonds. The van der Waals surface area contributed by atoms with Crippen molar-refractivity contribution in [3.8, 4) is 11.1 Å². The summed E-state index contributed by atoms with van der Waals surface area (Å²) in [7, 11) is 0. The molecule has 2 atom stereocenters. The molecule has 0 radical (unpaired) electrons. The van der Waals surface area contributed by atoms with E-state index in [2.05, 4.69) is 28.4 Å². The van der Waals surface area contributed by atoms with Gasteiger partial charge >= 0.3 is 0 Å². The fraction of sp³-hybridized carbons (Fsp3) is 0.208. The number of nitrogens with zero attached hydrogens (tertiary/aromatic N) is 3. The van der Waals surface area contributed by atoms with Crippen molar-refractivity contribution in [1.82, 2.24) is 14.4 Å². The van der Waals surface area contributed by atoms with Crippen LogP contribution in [0.15, 0.2) is 73.3 Å². The topological polar surface area (TPSA) is 59.3 Å². The number of amides is 1. The molecule has 0 saturated heterocycles. The Hall–Kier alpha value is -3.47. The lowest BCUT2D eigenvalue weighted by molar-refractivity contribution is -0.123. The summed E-state index contributed by atoms with van der Waals surface area (Å²) in [5, 5.41) is 3.12. The summed E-state index contributed by atoms with van der Waals surface area (Å²) in [4.78, 5) is 21.8. The molecule has 1 aliphatic rings. The molecule has 3 aromatic heterocycles. The monoisotopic (exact) mass is 382 g/mol. The van der Waals surface area contributed by atoms with E-state index < -0.39 is 0 Å². The summed E-state index contributed by atoms with van der Waals surface area (Å²) in [6.07, 6.45) is 9.65. The third-order valence-corrected chi connectivity index (χ3v) is 5.87. The number of pyridine rings is 1. The smallest absolute Gasteiger partial charge is 0.228 e. The lowest BCUT2D eigenvalue weighted by atomic mass is 9.71. The molecule has 29 heavy (non-hydrogen) atoms. The number of benzene rings is 1. The minimum Gasteiger partial charge on any atom is -0.326 e. The summed E-state index contributed by atoms with van der Waals surface area (Å²) in [5.41, 5.74) is 5.98. The zero-order valence-electron chi connectivity index (χ0n) is 16.2. The molecule has 144 valence electrons. The Morgan fingerprint density at radius 3 is 2.83 bits per heavy atom. The average Bonchev–Trinajstić information content (AvgIpc) is 3.17. The van der Waals surface area contributed by atoms with Crippen LogP contribution in [0.25, 0.3) is 16.8 Å². The maximum Gasteiger partial charge on any atom is 0.228 e. The van der Waals surface area contributed by atoms with Crippen LogP contribution in [0.2, 0.25) is 0 Å². The second-order valence-corrected chi connectivity index (χ2v) is 7.68. The third-order valence-electron chi connectivity index (χ3n) is 5.87. The molecule has 0 spiro atoms. The van der Waals surface area contributed by atoms with Crippen molar-refractivity contribution in [2.75, 3.05) is 5.32 Å². The highest BCUT2D eigenvalue weighted by Gasteiger charge is 2.38. The largest absolute Gasteiger partial charge is 0.326 e. The number of carbonyl (C=O) groups is 1. The standard InChI is InChI=1S/C24H22N4O/c1-16-7-8-18(13-21(16)17-14-26-23-6-4-12-28(23)15-17)27-24(29)20-10-9-19(20)22-5-2-3-11-25-22/h2-8,11-15,19-20H,9-10H2,1H3,(H,27,29). The summed E-state index contributed by atoms with van der Waals surface area (Å²) in [6, 6.07) is 15.9. The molecule has 1 fully saturated rings. The van der Waals surface area contributed by atoms with Gasteiger partial charge < -0.3 is 9.72 Å². The number of hydrogen-bond donors (Lipinski definition) is 1. The number of aryl methyl sites for hydroxylation is 1. The molecule has 1 saturated carbocycles. The number of anilines is 1. The van der Waals surface area contributed by atoms with Gasteiger partial charge in [0.05, 0.1) is 0 Å². The second-order valence-electron chi connectivity index (χ2n) is 7.68. The van der Waals surface area contributed by atoms with Crippen molar-refractivity contribution in [2.45, 2.75) is 25.7 Å². The van der Waals surface area contributed by atoms with Crippen LogP contribution in [0, 0.1) is 12.8 Å². The van der Waals surface area contributed by atoms with Gasteiger partial charge in [-0.3, -0.25) is 9.78 Å². The molecule has 0 bridgehead atoms. The molecule has 5 nitrogen and oxygen atoms in total. The van der Waals surface area contributed by atoms with Crippen LogP contribution in [0.1, 0.15) is 30.0 Å². The quantitative estimate of drug-likeness (QED) is 0.550. The number of hydrogen-bond acceptors (Lipinski definition) is 3. The van der Waals surface area contributed by atoms with E-state index in [0.717, 1.165) is 46.6 Å². The van der Waals surface area contributed by atoms with Crippen LogP contribution in [-0.4, -0.2) is 20.3 Å². The Morgan fingerprint density at radius 2 is 2.03 bits per heavy atom. The minimum absolute atomic E-state index is 0.0208. The zero-order valence-corrected chi connectivity index (χ0v) is 16.2. The fourth-order valence-corrected chi connectivity index (χ4v) is 4.07. The first-order chi connectivity index (χ1) is 14.2. The van der Waals surface area contributed by atoms with E-state index in [-0.39, 0.29) is 17.7 Å². The molecule has 1 N–H and O–H groups in total. The van der Waals surface area contributed by atoms with Gasteiger partial charge in [-0.1, -0.05) is 12.1 Å². The molecule has 4 aromatic rings. The number of fused-ring (bicyclic) bond motifs is 1.